The molecule has 2 nitrogen and oxygen atoms in total. The molecule has 1 saturated carbocycles. The molecule has 4 atom stereocenters. The van der Waals surface area contributed by atoms with Crippen molar-refractivity contribution in [2.45, 2.75) is 71.4 Å². The molecule has 1 rings (SSSR count). The first-order chi connectivity index (χ1) is 8.92. The number of nitrogens with one attached hydrogen (secondary N) is 1. The van der Waals surface area contributed by atoms with E-state index < -0.39 is 0 Å². The predicted octanol–water partition coefficient (Wildman–Crippen LogP) is 3.77. The Hall–Kier alpha value is -0.0800. The lowest BCUT2D eigenvalue weighted by Gasteiger charge is -2.50. The minimum Gasteiger partial charge on any atom is -0.315 e. The van der Waals surface area contributed by atoms with Crippen molar-refractivity contribution in [3.8, 4) is 0 Å². The summed E-state index contributed by atoms with van der Waals surface area (Å²) >= 11 is 0. The zero-order valence-corrected chi connectivity index (χ0v) is 14.3. The molecule has 1 fully saturated rings. The van der Waals surface area contributed by atoms with Crippen LogP contribution in [0.4, 0.5) is 0 Å². The van der Waals surface area contributed by atoms with Gasteiger partial charge < -0.3 is 10.2 Å². The Balaban J connectivity index is 2.92. The average molecular weight is 268 g/mol. The third-order valence-corrected chi connectivity index (χ3v) is 6.12. The third-order valence-electron chi connectivity index (χ3n) is 6.12. The van der Waals surface area contributed by atoms with Gasteiger partial charge in [0.25, 0.3) is 0 Å². The van der Waals surface area contributed by atoms with Gasteiger partial charge in [0, 0.05) is 11.6 Å². The molecule has 19 heavy (non-hydrogen) atoms. The summed E-state index contributed by atoms with van der Waals surface area (Å²) in [6.07, 6.45) is 6.64. The van der Waals surface area contributed by atoms with Gasteiger partial charge in [-0.25, -0.2) is 0 Å². The van der Waals surface area contributed by atoms with Crippen molar-refractivity contribution in [3.05, 3.63) is 0 Å². The second kappa shape index (κ2) is 7.08. The van der Waals surface area contributed by atoms with Crippen molar-refractivity contribution in [2.75, 3.05) is 21.1 Å². The minimum atomic E-state index is 0.305. The van der Waals surface area contributed by atoms with E-state index in [9.17, 15) is 0 Å². The molecule has 0 amide bonds. The number of hydrogen-bond donors (Lipinski definition) is 1. The van der Waals surface area contributed by atoms with Crippen molar-refractivity contribution in [3.63, 3.8) is 0 Å². The van der Waals surface area contributed by atoms with Gasteiger partial charge in [0.05, 0.1) is 0 Å². The molecule has 0 aromatic heterocycles. The molecule has 1 aliphatic rings. The van der Waals surface area contributed by atoms with Crippen LogP contribution >= 0.6 is 0 Å². The van der Waals surface area contributed by atoms with Crippen molar-refractivity contribution in [1.82, 2.24) is 10.2 Å². The van der Waals surface area contributed by atoms with Crippen molar-refractivity contribution in [1.29, 1.82) is 0 Å². The minimum absolute atomic E-state index is 0.305. The van der Waals surface area contributed by atoms with E-state index in [4.69, 9.17) is 0 Å². The fourth-order valence-corrected chi connectivity index (χ4v) is 4.44. The second-order valence-electron chi connectivity index (χ2n) is 7.00. The molecule has 0 saturated heterocycles. The lowest BCUT2D eigenvalue weighted by Crippen LogP contribution is -2.61. The number of rotatable bonds is 6. The standard InChI is InChI=1S/C17H36N2/c1-8-17(9-2,19(6)7)16(18-5)15-11-10-13(3)14(4)12-15/h13-16,18H,8-12H2,1-7H3. The molecular formula is C17H36N2. The molecular weight excluding hydrogens is 232 g/mol. The summed E-state index contributed by atoms with van der Waals surface area (Å²) in [4.78, 5) is 2.47. The maximum Gasteiger partial charge on any atom is 0.0353 e. The zero-order valence-electron chi connectivity index (χ0n) is 14.3. The number of likely N-dealkylation sites (N-methyl/N-ethyl adjacent to an activating group) is 2. The van der Waals surface area contributed by atoms with Crippen LogP contribution in [-0.2, 0) is 0 Å². The quantitative estimate of drug-likeness (QED) is 0.789. The van der Waals surface area contributed by atoms with Crippen LogP contribution in [0.2, 0.25) is 0 Å². The summed E-state index contributed by atoms with van der Waals surface area (Å²) in [6, 6.07) is 0.618. The van der Waals surface area contributed by atoms with E-state index >= 15 is 0 Å². The Morgan fingerprint density at radius 1 is 1.11 bits per heavy atom. The lowest BCUT2D eigenvalue weighted by atomic mass is 9.67. The topological polar surface area (TPSA) is 15.3 Å². The summed E-state index contributed by atoms with van der Waals surface area (Å²) < 4.78 is 0. The fraction of sp³-hybridized carbons (Fsp3) is 1.00. The monoisotopic (exact) mass is 268 g/mol. The summed E-state index contributed by atoms with van der Waals surface area (Å²) in [6.45, 7) is 9.57. The van der Waals surface area contributed by atoms with E-state index in [1.807, 2.05) is 0 Å². The molecule has 0 aromatic carbocycles. The van der Waals surface area contributed by atoms with E-state index in [1.54, 1.807) is 0 Å². The Bertz CT molecular complexity index is 258. The van der Waals surface area contributed by atoms with Crippen LogP contribution in [0.3, 0.4) is 0 Å². The highest BCUT2D eigenvalue weighted by atomic mass is 15.2. The highest BCUT2D eigenvalue weighted by Crippen LogP contribution is 2.40. The molecule has 2 heteroatoms. The predicted molar refractivity (Wildman–Crippen MR) is 85.5 cm³/mol. The van der Waals surface area contributed by atoms with Gasteiger partial charge in [-0.3, -0.25) is 0 Å². The normalized spacial score (nSPS) is 30.6. The van der Waals surface area contributed by atoms with Crippen LogP contribution in [0.25, 0.3) is 0 Å². The SMILES string of the molecule is CCC(CC)(C(NC)C1CCC(C)C(C)C1)N(C)C. The maximum absolute atomic E-state index is 3.69. The Kier molecular flexibility index (Phi) is 6.32. The van der Waals surface area contributed by atoms with E-state index in [2.05, 4.69) is 59.1 Å². The van der Waals surface area contributed by atoms with Gasteiger partial charge in [0.15, 0.2) is 0 Å². The fourth-order valence-electron chi connectivity index (χ4n) is 4.44. The van der Waals surface area contributed by atoms with Gasteiger partial charge in [-0.05, 0) is 64.6 Å². The van der Waals surface area contributed by atoms with Gasteiger partial charge >= 0.3 is 0 Å². The number of hydrogen-bond acceptors (Lipinski definition) is 2. The van der Waals surface area contributed by atoms with Crippen LogP contribution in [0.5, 0.6) is 0 Å². The smallest absolute Gasteiger partial charge is 0.0353 e. The molecule has 1 N–H and O–H groups in total. The third kappa shape index (κ3) is 3.33. The van der Waals surface area contributed by atoms with E-state index in [-0.39, 0.29) is 0 Å². The van der Waals surface area contributed by atoms with Crippen LogP contribution in [-0.4, -0.2) is 37.6 Å². The molecule has 0 aliphatic heterocycles. The van der Waals surface area contributed by atoms with E-state index in [0.717, 1.165) is 17.8 Å². The molecule has 114 valence electrons. The van der Waals surface area contributed by atoms with Gasteiger partial charge in [0.2, 0.25) is 0 Å². The summed E-state index contributed by atoms with van der Waals surface area (Å²) in [5, 5.41) is 3.69. The van der Waals surface area contributed by atoms with Crippen molar-refractivity contribution < 1.29 is 0 Å². The lowest BCUT2D eigenvalue weighted by molar-refractivity contribution is 0.0381. The largest absolute Gasteiger partial charge is 0.315 e. The van der Waals surface area contributed by atoms with Crippen LogP contribution < -0.4 is 5.32 Å². The van der Waals surface area contributed by atoms with Gasteiger partial charge in [-0.2, -0.15) is 0 Å². The summed E-state index contributed by atoms with van der Waals surface area (Å²) in [7, 11) is 6.68. The molecule has 1 aliphatic carbocycles. The molecule has 4 unspecified atom stereocenters. The molecule has 0 heterocycles. The van der Waals surface area contributed by atoms with Gasteiger partial charge in [0.1, 0.15) is 0 Å². The maximum atomic E-state index is 3.69. The Labute approximate surface area is 121 Å². The van der Waals surface area contributed by atoms with Gasteiger partial charge in [-0.1, -0.05) is 34.1 Å². The first-order valence-electron chi connectivity index (χ1n) is 8.27. The molecule has 0 spiro atoms. The highest BCUT2D eigenvalue weighted by Gasteiger charge is 2.42. The van der Waals surface area contributed by atoms with Crippen LogP contribution in [0.15, 0.2) is 0 Å². The molecule has 0 aromatic rings. The first kappa shape index (κ1) is 17.0. The van der Waals surface area contributed by atoms with Gasteiger partial charge in [-0.15, -0.1) is 0 Å². The average Bonchev–Trinajstić information content (AvgIpc) is 2.39. The second-order valence-corrected chi connectivity index (χ2v) is 7.00. The zero-order chi connectivity index (χ0) is 14.6. The first-order valence-corrected chi connectivity index (χ1v) is 8.27. The van der Waals surface area contributed by atoms with Crippen molar-refractivity contribution in [2.24, 2.45) is 17.8 Å². The van der Waals surface area contributed by atoms with E-state index in [1.165, 1.54) is 32.1 Å². The summed E-state index contributed by atoms with van der Waals surface area (Å²) in [5.74, 6) is 2.62. The van der Waals surface area contributed by atoms with Crippen LogP contribution in [0, 0.1) is 17.8 Å². The van der Waals surface area contributed by atoms with Crippen LogP contribution in [0.1, 0.15) is 59.8 Å². The number of nitrogens with zero attached hydrogens (tertiary/aromatic N) is 1. The highest BCUT2D eigenvalue weighted by molar-refractivity contribution is 5.01. The molecule has 0 radical (unpaired) electrons. The van der Waals surface area contributed by atoms with Crippen molar-refractivity contribution >= 4 is 0 Å². The Morgan fingerprint density at radius 3 is 2.05 bits per heavy atom. The molecule has 0 bridgehead atoms. The van der Waals surface area contributed by atoms with E-state index in [0.29, 0.717) is 11.6 Å². The Morgan fingerprint density at radius 2 is 1.68 bits per heavy atom. The summed E-state index contributed by atoms with van der Waals surface area (Å²) in [5.41, 5.74) is 0.305.